The van der Waals surface area contributed by atoms with Crippen molar-refractivity contribution in [3.8, 4) is 0 Å². The fourth-order valence-corrected chi connectivity index (χ4v) is 4.22. The summed E-state index contributed by atoms with van der Waals surface area (Å²) in [5.41, 5.74) is 2.09. The zero-order valence-corrected chi connectivity index (χ0v) is 17.1. The van der Waals surface area contributed by atoms with E-state index in [9.17, 15) is 9.90 Å². The minimum absolute atomic E-state index is 0.183. The van der Waals surface area contributed by atoms with Crippen LogP contribution in [0.2, 0.25) is 0 Å². The molecule has 28 heavy (non-hydrogen) atoms. The molecule has 0 radical (unpaired) electrons. The Morgan fingerprint density at radius 2 is 2.11 bits per heavy atom. The van der Waals surface area contributed by atoms with Gasteiger partial charge in [0.05, 0.1) is 5.57 Å². The van der Waals surface area contributed by atoms with Crippen molar-refractivity contribution >= 4 is 33.7 Å². The van der Waals surface area contributed by atoms with Crippen molar-refractivity contribution in [2.45, 2.75) is 50.9 Å². The average Bonchev–Trinajstić information content (AvgIpc) is 2.71. The molecular formula is C21H23BrN4O2. The van der Waals surface area contributed by atoms with Crippen molar-refractivity contribution in [1.82, 2.24) is 15.3 Å². The highest BCUT2D eigenvalue weighted by Crippen LogP contribution is 2.33. The first-order valence-electron chi connectivity index (χ1n) is 9.63. The molecule has 1 aliphatic heterocycles. The van der Waals surface area contributed by atoms with Crippen molar-refractivity contribution < 1.29 is 9.90 Å². The number of anilines is 1. The van der Waals surface area contributed by atoms with Gasteiger partial charge in [-0.15, -0.1) is 0 Å². The Kier molecular flexibility index (Phi) is 5.73. The zero-order chi connectivity index (χ0) is 19.5. The normalized spacial score (nSPS) is 19.7. The fraction of sp³-hybridized carbons (Fsp3) is 0.381. The molecule has 0 bridgehead atoms. The number of rotatable bonds is 4. The van der Waals surface area contributed by atoms with E-state index in [1.807, 2.05) is 18.2 Å². The van der Waals surface area contributed by atoms with E-state index in [0.717, 1.165) is 41.3 Å². The van der Waals surface area contributed by atoms with Gasteiger partial charge in [-0.1, -0.05) is 25.3 Å². The van der Waals surface area contributed by atoms with Crippen LogP contribution in [0, 0.1) is 0 Å². The van der Waals surface area contributed by atoms with E-state index in [2.05, 4.69) is 31.2 Å². The third kappa shape index (κ3) is 4.10. The lowest BCUT2D eigenvalue weighted by atomic mass is 9.94. The van der Waals surface area contributed by atoms with Gasteiger partial charge in [0.25, 0.3) is 5.91 Å². The number of hydrogen-bond donors (Lipinski definition) is 2. The van der Waals surface area contributed by atoms with E-state index in [1.165, 1.54) is 6.42 Å². The molecule has 1 fully saturated rings. The summed E-state index contributed by atoms with van der Waals surface area (Å²) in [5, 5.41) is 14.1. The topological polar surface area (TPSA) is 78.4 Å². The predicted octanol–water partition coefficient (Wildman–Crippen LogP) is 3.41. The lowest BCUT2D eigenvalue weighted by Crippen LogP contribution is -2.46. The first-order valence-corrected chi connectivity index (χ1v) is 10.4. The first-order chi connectivity index (χ1) is 13.6. The molecule has 0 aromatic carbocycles. The Morgan fingerprint density at radius 3 is 2.86 bits per heavy atom. The second-order valence-electron chi connectivity index (χ2n) is 7.34. The monoisotopic (exact) mass is 442 g/mol. The Balaban J connectivity index is 1.63. The third-order valence-electron chi connectivity index (χ3n) is 5.30. The Bertz CT molecular complexity index is 881. The molecule has 1 unspecified atom stereocenters. The van der Waals surface area contributed by atoms with Crippen molar-refractivity contribution in [3.63, 3.8) is 0 Å². The number of pyridine rings is 2. The van der Waals surface area contributed by atoms with Crippen LogP contribution in [0.15, 0.2) is 46.8 Å². The maximum absolute atomic E-state index is 13.0. The number of amides is 1. The Labute approximate surface area is 172 Å². The molecule has 1 saturated carbocycles. The summed E-state index contributed by atoms with van der Waals surface area (Å²) < 4.78 is 0.826. The second kappa shape index (κ2) is 8.41. The summed E-state index contributed by atoms with van der Waals surface area (Å²) in [5.74, 6) is 0.440. The average molecular weight is 443 g/mol. The van der Waals surface area contributed by atoms with Gasteiger partial charge in [-0.25, -0.2) is 4.98 Å². The van der Waals surface area contributed by atoms with Crippen LogP contribution in [-0.2, 0) is 11.3 Å². The van der Waals surface area contributed by atoms with E-state index in [1.54, 1.807) is 29.6 Å². The molecule has 2 aromatic rings. The number of carbonyl (C=O) groups is 1. The lowest BCUT2D eigenvalue weighted by Gasteiger charge is -2.35. The molecule has 2 aromatic heterocycles. The van der Waals surface area contributed by atoms with Crippen molar-refractivity contribution in [3.05, 3.63) is 58.0 Å². The summed E-state index contributed by atoms with van der Waals surface area (Å²) in [6.45, 7) is 0.407. The van der Waals surface area contributed by atoms with Gasteiger partial charge < -0.3 is 15.3 Å². The molecule has 1 atom stereocenters. The number of nitrogens with one attached hydrogen (secondary N) is 1. The van der Waals surface area contributed by atoms with Gasteiger partial charge in [0.15, 0.2) is 6.23 Å². The number of aliphatic hydroxyl groups excluding tert-OH is 1. The van der Waals surface area contributed by atoms with Crippen LogP contribution in [0.3, 0.4) is 0 Å². The van der Waals surface area contributed by atoms with Gasteiger partial charge in [-0.2, -0.15) is 0 Å². The zero-order valence-electron chi connectivity index (χ0n) is 15.5. The van der Waals surface area contributed by atoms with Gasteiger partial charge in [-0.05, 0) is 52.5 Å². The van der Waals surface area contributed by atoms with Crippen LogP contribution >= 0.6 is 15.9 Å². The summed E-state index contributed by atoms with van der Waals surface area (Å²) >= 11 is 3.45. The highest BCUT2D eigenvalue weighted by molar-refractivity contribution is 9.10. The predicted molar refractivity (Wildman–Crippen MR) is 111 cm³/mol. The third-order valence-corrected chi connectivity index (χ3v) is 5.73. The Morgan fingerprint density at radius 1 is 1.29 bits per heavy atom. The van der Waals surface area contributed by atoms with Gasteiger partial charge in [-0.3, -0.25) is 9.78 Å². The maximum Gasteiger partial charge on any atom is 0.252 e. The molecule has 0 spiro atoms. The molecule has 2 aliphatic rings. The molecule has 3 heterocycles. The molecule has 6 nitrogen and oxygen atoms in total. The molecule has 4 rings (SSSR count). The fourth-order valence-electron chi connectivity index (χ4n) is 3.87. The number of nitrogens with zero attached hydrogens (tertiary/aromatic N) is 3. The lowest BCUT2D eigenvalue weighted by molar-refractivity contribution is -0.119. The van der Waals surface area contributed by atoms with Gasteiger partial charge in [0.1, 0.15) is 5.82 Å². The number of hydrogen-bond acceptors (Lipinski definition) is 5. The minimum atomic E-state index is -1.06. The number of fused-ring (bicyclic) bond motifs is 1. The van der Waals surface area contributed by atoms with Crippen LogP contribution in [-0.4, -0.2) is 33.3 Å². The molecule has 146 valence electrons. The number of aliphatic hydroxyl groups is 1. The quantitative estimate of drug-likeness (QED) is 0.758. The maximum atomic E-state index is 13.0. The highest BCUT2D eigenvalue weighted by atomic mass is 79.9. The van der Waals surface area contributed by atoms with Crippen LogP contribution < -0.4 is 10.2 Å². The number of carbonyl (C=O) groups excluding carboxylic acids is 1. The minimum Gasteiger partial charge on any atom is -0.369 e. The first kappa shape index (κ1) is 19.1. The van der Waals surface area contributed by atoms with Crippen LogP contribution in [0.1, 0.15) is 43.2 Å². The summed E-state index contributed by atoms with van der Waals surface area (Å²) in [7, 11) is 0. The number of halogens is 1. The van der Waals surface area contributed by atoms with Crippen LogP contribution in [0.5, 0.6) is 0 Å². The second-order valence-corrected chi connectivity index (χ2v) is 8.25. The SMILES string of the molecule is O=C(NC1CCCCC1)C1=Cc2cc(Br)cnc2N(Cc2cccnc2)C1O. The molecule has 2 N–H and O–H groups in total. The Hall–Kier alpha value is -2.25. The van der Waals surface area contributed by atoms with Crippen molar-refractivity contribution in [1.29, 1.82) is 0 Å². The van der Waals surface area contributed by atoms with Gasteiger partial charge >= 0.3 is 0 Å². The molecule has 1 amide bonds. The summed E-state index contributed by atoms with van der Waals surface area (Å²) in [4.78, 5) is 23.3. The van der Waals surface area contributed by atoms with E-state index in [-0.39, 0.29) is 11.9 Å². The van der Waals surface area contributed by atoms with Crippen molar-refractivity contribution in [2.24, 2.45) is 0 Å². The summed E-state index contributed by atoms with van der Waals surface area (Å²) in [6, 6.07) is 5.90. The van der Waals surface area contributed by atoms with Crippen molar-refractivity contribution in [2.75, 3.05) is 4.90 Å². The molecule has 7 heteroatoms. The van der Waals surface area contributed by atoms with E-state index in [0.29, 0.717) is 17.9 Å². The standard InChI is InChI=1S/C21H23BrN4O2/c22-16-9-15-10-18(20(27)25-17-6-2-1-3-7-17)21(28)26(19(15)24-12-16)13-14-5-4-8-23-11-14/h4-5,8-12,17,21,28H,1-3,6-7,13H2,(H,25,27). The largest absolute Gasteiger partial charge is 0.369 e. The van der Waals surface area contributed by atoms with Gasteiger partial charge in [0.2, 0.25) is 0 Å². The number of aromatic nitrogens is 2. The smallest absolute Gasteiger partial charge is 0.252 e. The van der Waals surface area contributed by atoms with E-state index in [4.69, 9.17) is 0 Å². The highest BCUT2D eigenvalue weighted by Gasteiger charge is 2.33. The van der Waals surface area contributed by atoms with E-state index < -0.39 is 6.23 Å². The van der Waals surface area contributed by atoms with E-state index >= 15 is 0 Å². The molecule has 1 aliphatic carbocycles. The van der Waals surface area contributed by atoms with Crippen LogP contribution in [0.25, 0.3) is 6.08 Å². The molecular weight excluding hydrogens is 420 g/mol. The van der Waals surface area contributed by atoms with Crippen LogP contribution in [0.4, 0.5) is 5.82 Å². The summed E-state index contributed by atoms with van der Waals surface area (Å²) in [6.07, 6.45) is 11.3. The van der Waals surface area contributed by atoms with Gasteiger partial charge in [0, 0.05) is 41.2 Å². The molecule has 0 saturated heterocycles.